The molecule has 0 aliphatic carbocycles. The van der Waals surface area contributed by atoms with Gasteiger partial charge in [0.25, 0.3) is 0 Å². The standard InChI is InChI=1S/C23H30Cl3NO3/c1-3-5-10-28-11-6-9-27-15-18-12-22(29-4-2)23(14-21(18)26)30-16-17-7-8-19(24)13-20(17)25/h7-8,12-14,27H,3-6,9-11,15-16H2,1-2H3. The molecular weight excluding hydrogens is 445 g/mol. The smallest absolute Gasteiger partial charge is 0.163 e. The van der Waals surface area contributed by atoms with Crippen LogP contribution in [0.25, 0.3) is 0 Å². The maximum absolute atomic E-state index is 6.49. The minimum Gasteiger partial charge on any atom is -0.490 e. The number of unbranched alkanes of at least 4 members (excludes halogenated alkanes) is 1. The van der Waals surface area contributed by atoms with Crippen molar-refractivity contribution in [2.75, 3.05) is 26.4 Å². The van der Waals surface area contributed by atoms with Crippen molar-refractivity contribution in [2.45, 2.75) is 46.3 Å². The summed E-state index contributed by atoms with van der Waals surface area (Å²) in [4.78, 5) is 0. The number of hydrogen-bond donors (Lipinski definition) is 1. The quantitative estimate of drug-likeness (QED) is 0.302. The van der Waals surface area contributed by atoms with Gasteiger partial charge in [0.2, 0.25) is 0 Å². The van der Waals surface area contributed by atoms with E-state index in [-0.39, 0.29) is 0 Å². The Morgan fingerprint density at radius 1 is 0.833 bits per heavy atom. The molecule has 2 aromatic carbocycles. The molecule has 0 atom stereocenters. The molecule has 0 saturated heterocycles. The van der Waals surface area contributed by atoms with Gasteiger partial charge in [-0.25, -0.2) is 0 Å². The van der Waals surface area contributed by atoms with E-state index in [1.54, 1.807) is 18.2 Å². The second kappa shape index (κ2) is 14.0. The van der Waals surface area contributed by atoms with Crippen LogP contribution in [-0.2, 0) is 17.9 Å². The molecule has 2 aromatic rings. The van der Waals surface area contributed by atoms with Crippen LogP contribution in [0.5, 0.6) is 11.5 Å². The highest BCUT2D eigenvalue weighted by molar-refractivity contribution is 6.35. The van der Waals surface area contributed by atoms with E-state index in [1.165, 1.54) is 0 Å². The molecule has 0 aromatic heterocycles. The van der Waals surface area contributed by atoms with Crippen molar-refractivity contribution in [3.63, 3.8) is 0 Å². The summed E-state index contributed by atoms with van der Waals surface area (Å²) in [5.74, 6) is 1.24. The van der Waals surface area contributed by atoms with Gasteiger partial charge in [-0.1, -0.05) is 54.2 Å². The van der Waals surface area contributed by atoms with Crippen molar-refractivity contribution in [1.82, 2.24) is 5.32 Å². The lowest BCUT2D eigenvalue weighted by atomic mass is 10.2. The van der Waals surface area contributed by atoms with Crippen molar-refractivity contribution in [3.05, 3.63) is 56.5 Å². The van der Waals surface area contributed by atoms with Crippen LogP contribution in [0.4, 0.5) is 0 Å². The summed E-state index contributed by atoms with van der Waals surface area (Å²) in [6.07, 6.45) is 3.23. The summed E-state index contributed by atoms with van der Waals surface area (Å²) >= 11 is 18.7. The molecule has 0 spiro atoms. The number of hydrogen-bond acceptors (Lipinski definition) is 4. The molecule has 30 heavy (non-hydrogen) atoms. The molecule has 1 N–H and O–H groups in total. The Balaban J connectivity index is 1.92. The van der Waals surface area contributed by atoms with Crippen molar-refractivity contribution in [1.29, 1.82) is 0 Å². The first-order valence-corrected chi connectivity index (χ1v) is 11.5. The third-order valence-corrected chi connectivity index (χ3v) is 5.35. The van der Waals surface area contributed by atoms with Gasteiger partial charge >= 0.3 is 0 Å². The first-order chi connectivity index (χ1) is 14.5. The molecule has 4 nitrogen and oxygen atoms in total. The first-order valence-electron chi connectivity index (χ1n) is 10.4. The predicted molar refractivity (Wildman–Crippen MR) is 125 cm³/mol. The van der Waals surface area contributed by atoms with Gasteiger partial charge in [0.1, 0.15) is 6.61 Å². The Hall–Kier alpha value is -1.17. The molecule has 0 amide bonds. The molecule has 7 heteroatoms. The second-order valence-corrected chi connectivity index (χ2v) is 8.09. The van der Waals surface area contributed by atoms with Crippen molar-refractivity contribution >= 4 is 34.8 Å². The molecular formula is C23H30Cl3NO3. The zero-order valence-corrected chi connectivity index (χ0v) is 19.9. The van der Waals surface area contributed by atoms with Crippen LogP contribution >= 0.6 is 34.8 Å². The summed E-state index contributed by atoms with van der Waals surface area (Å²) in [5, 5.41) is 5.18. The van der Waals surface area contributed by atoms with Crippen LogP contribution < -0.4 is 14.8 Å². The molecule has 0 aliphatic rings. The van der Waals surface area contributed by atoms with E-state index in [1.807, 2.05) is 19.1 Å². The molecule has 166 valence electrons. The molecule has 0 saturated carbocycles. The van der Waals surface area contributed by atoms with E-state index in [0.29, 0.717) is 46.3 Å². The molecule has 0 heterocycles. The predicted octanol–water partition coefficient (Wildman–Crippen LogP) is 6.92. The number of benzene rings is 2. The summed E-state index contributed by atoms with van der Waals surface area (Å²) < 4.78 is 17.3. The summed E-state index contributed by atoms with van der Waals surface area (Å²) in [7, 11) is 0. The van der Waals surface area contributed by atoms with E-state index in [4.69, 9.17) is 49.0 Å². The Labute approximate surface area is 194 Å². The maximum Gasteiger partial charge on any atom is 0.163 e. The Morgan fingerprint density at radius 3 is 2.30 bits per heavy atom. The summed E-state index contributed by atoms with van der Waals surface area (Å²) in [6, 6.07) is 9.04. The lowest BCUT2D eigenvalue weighted by Gasteiger charge is -2.16. The molecule has 0 fully saturated rings. The summed E-state index contributed by atoms with van der Waals surface area (Å²) in [6.45, 7) is 8.04. The first kappa shape index (κ1) is 25.1. The van der Waals surface area contributed by atoms with Crippen molar-refractivity contribution in [2.24, 2.45) is 0 Å². The Kier molecular flexibility index (Phi) is 11.7. The van der Waals surface area contributed by atoms with Crippen LogP contribution in [0.15, 0.2) is 30.3 Å². The normalized spacial score (nSPS) is 11.0. The average molecular weight is 475 g/mol. The number of halogens is 3. The lowest BCUT2D eigenvalue weighted by Crippen LogP contribution is -2.17. The van der Waals surface area contributed by atoms with Gasteiger partial charge < -0.3 is 19.5 Å². The van der Waals surface area contributed by atoms with Crippen LogP contribution in [0, 0.1) is 0 Å². The number of ether oxygens (including phenoxy) is 3. The van der Waals surface area contributed by atoms with E-state index in [2.05, 4.69) is 12.2 Å². The number of nitrogens with one attached hydrogen (secondary N) is 1. The van der Waals surface area contributed by atoms with Gasteiger partial charge in [-0.2, -0.15) is 0 Å². The third kappa shape index (κ3) is 8.52. The van der Waals surface area contributed by atoms with Gasteiger partial charge in [-0.05, 0) is 50.1 Å². The Morgan fingerprint density at radius 2 is 1.57 bits per heavy atom. The highest BCUT2D eigenvalue weighted by Gasteiger charge is 2.12. The van der Waals surface area contributed by atoms with Crippen LogP contribution in [0.1, 0.15) is 44.2 Å². The largest absolute Gasteiger partial charge is 0.490 e. The van der Waals surface area contributed by atoms with Gasteiger partial charge in [-0.3, -0.25) is 0 Å². The minimum absolute atomic E-state index is 0.294. The fraction of sp³-hybridized carbons (Fsp3) is 0.478. The van der Waals surface area contributed by atoms with E-state index < -0.39 is 0 Å². The van der Waals surface area contributed by atoms with E-state index >= 15 is 0 Å². The molecule has 0 bridgehead atoms. The fourth-order valence-corrected chi connectivity index (χ4v) is 3.44. The van der Waals surface area contributed by atoms with Crippen LogP contribution in [0.3, 0.4) is 0 Å². The highest BCUT2D eigenvalue weighted by atomic mass is 35.5. The molecule has 0 unspecified atom stereocenters. The van der Waals surface area contributed by atoms with Crippen LogP contribution in [0.2, 0.25) is 15.1 Å². The highest BCUT2D eigenvalue weighted by Crippen LogP contribution is 2.35. The molecule has 0 aliphatic heterocycles. The maximum atomic E-state index is 6.49. The zero-order chi connectivity index (χ0) is 21.8. The van der Waals surface area contributed by atoms with Gasteiger partial charge in [-0.15, -0.1) is 0 Å². The van der Waals surface area contributed by atoms with Gasteiger partial charge in [0.05, 0.1) is 6.61 Å². The SMILES string of the molecule is CCCCOCCCNCc1cc(OCC)c(OCc2ccc(Cl)cc2Cl)cc1Cl. The summed E-state index contributed by atoms with van der Waals surface area (Å²) in [5.41, 5.74) is 1.80. The lowest BCUT2D eigenvalue weighted by molar-refractivity contribution is 0.129. The second-order valence-electron chi connectivity index (χ2n) is 6.84. The third-order valence-electron chi connectivity index (χ3n) is 4.41. The monoisotopic (exact) mass is 473 g/mol. The Bertz CT molecular complexity index is 787. The van der Waals surface area contributed by atoms with E-state index in [0.717, 1.165) is 50.1 Å². The van der Waals surface area contributed by atoms with Gasteiger partial charge in [0.15, 0.2) is 11.5 Å². The van der Waals surface area contributed by atoms with Crippen molar-refractivity contribution < 1.29 is 14.2 Å². The van der Waals surface area contributed by atoms with Crippen molar-refractivity contribution in [3.8, 4) is 11.5 Å². The van der Waals surface area contributed by atoms with Crippen LogP contribution in [-0.4, -0.2) is 26.4 Å². The van der Waals surface area contributed by atoms with Gasteiger partial charge in [0, 0.05) is 46.5 Å². The topological polar surface area (TPSA) is 39.7 Å². The molecule has 0 radical (unpaired) electrons. The number of rotatable bonds is 14. The minimum atomic E-state index is 0.294. The van der Waals surface area contributed by atoms with E-state index in [9.17, 15) is 0 Å². The fourth-order valence-electron chi connectivity index (χ4n) is 2.76. The zero-order valence-electron chi connectivity index (χ0n) is 17.6. The molecule has 2 rings (SSSR count). The average Bonchev–Trinajstić information content (AvgIpc) is 2.72.